The highest BCUT2D eigenvalue weighted by Crippen LogP contribution is 2.54. The number of nitrogens with zero attached hydrogens (tertiary/aromatic N) is 6. The third-order valence-electron chi connectivity index (χ3n) is 16.8. The molecule has 446 valence electrons. The lowest BCUT2D eigenvalue weighted by molar-refractivity contribution is 1.05. The third-order valence-corrected chi connectivity index (χ3v) is 19.2. The molecule has 19 aromatic rings. The normalized spacial score (nSPS) is 16.8. The molecule has 0 aliphatic heterocycles. The number of aromatic nitrogens is 5. The molecule has 8 heteroatoms. The van der Waals surface area contributed by atoms with Gasteiger partial charge in [-0.05, 0) is 117 Å². The quantitative estimate of drug-likeness (QED) is 0.128. The Labute approximate surface area is 609 Å². The van der Waals surface area contributed by atoms with Crippen LogP contribution in [-0.4, -0.2) is 24.1 Å². The molecule has 0 aliphatic rings. The number of hydrogen-bond donors (Lipinski definition) is 0. The second-order valence-corrected chi connectivity index (χ2v) is 24.0. The van der Waals surface area contributed by atoms with Gasteiger partial charge in [0.2, 0.25) is 0 Å². The summed E-state index contributed by atoms with van der Waals surface area (Å²) in [4.78, 5) is 18.8. The first-order chi connectivity index (χ1) is 62.1. The number of rotatable bonds is 10. The minimum absolute atomic E-state index is 0.00689. The number of fused-ring (bicyclic) bond motifs is 14. The molecule has 0 N–H and O–H groups in total. The van der Waals surface area contributed by atoms with Crippen LogP contribution < -0.4 is 0 Å². The summed E-state index contributed by atoms with van der Waals surface area (Å²) in [6.07, 6.45) is 0. The number of hydrogen-bond acceptors (Lipinski definition) is 5. The van der Waals surface area contributed by atoms with Crippen molar-refractivity contribution in [1.82, 2.24) is 24.1 Å². The average molecular weight is 1290 g/mol. The maximum absolute atomic E-state index is 10.2. The second kappa shape index (κ2) is 22.4. The van der Waals surface area contributed by atoms with Gasteiger partial charge in [0.15, 0.2) is 23.2 Å². The smallest absolute Gasteiger partial charge is 0.197 e. The molecule has 0 atom stereocenters. The van der Waals surface area contributed by atoms with Crippen LogP contribution in [0.25, 0.3) is 190 Å². The van der Waals surface area contributed by atoms with Gasteiger partial charge in [0.25, 0.3) is 0 Å². The van der Waals surface area contributed by atoms with Crippen LogP contribution in [0.2, 0.25) is 0 Å². The van der Waals surface area contributed by atoms with Crippen LogP contribution in [0, 0.1) is 6.57 Å². The van der Waals surface area contributed by atoms with E-state index >= 15 is 0 Å². The van der Waals surface area contributed by atoms with Crippen molar-refractivity contribution in [2.24, 2.45) is 0 Å². The van der Waals surface area contributed by atoms with E-state index in [4.69, 9.17) is 41.5 Å². The molecule has 0 radical (unpaired) electrons. The highest BCUT2D eigenvalue weighted by atomic mass is 32.1. The Kier molecular flexibility index (Phi) is 7.15. The van der Waals surface area contributed by atoms with Gasteiger partial charge in [0.05, 0.1) is 88.0 Å². The van der Waals surface area contributed by atoms with Crippen LogP contribution in [-0.2, 0) is 0 Å². The predicted molar refractivity (Wildman–Crippen MR) is 404 cm³/mol. The zero-order chi connectivity index (χ0) is 93.8. The molecule has 0 amide bonds. The molecule has 14 aromatic carbocycles. The van der Waals surface area contributed by atoms with E-state index < -0.39 is 262 Å². The first kappa shape index (κ1) is 30.6. The Morgan fingerprint density at radius 1 is 0.302 bits per heavy atom. The van der Waals surface area contributed by atoms with Crippen molar-refractivity contribution in [2.75, 3.05) is 0 Å². The van der Waals surface area contributed by atoms with Crippen LogP contribution in [0.3, 0.4) is 0 Å². The molecule has 0 spiro atoms. The maximum atomic E-state index is 10.2. The minimum atomic E-state index is -0.935. The molecule has 0 bridgehead atoms. The van der Waals surface area contributed by atoms with E-state index in [1.165, 1.54) is 59.1 Å². The van der Waals surface area contributed by atoms with Gasteiger partial charge in [0.1, 0.15) is 0 Å². The highest BCUT2D eigenvalue weighted by Gasteiger charge is 2.32. The van der Waals surface area contributed by atoms with E-state index in [1.807, 2.05) is 0 Å². The highest BCUT2D eigenvalue weighted by molar-refractivity contribution is 7.27. The van der Waals surface area contributed by atoms with E-state index in [-0.39, 0.29) is 99.5 Å². The Morgan fingerprint density at radius 2 is 0.635 bits per heavy atom. The van der Waals surface area contributed by atoms with Gasteiger partial charge < -0.3 is 9.13 Å². The molecule has 96 heavy (non-hydrogen) atoms. The predicted octanol–water partition coefficient (Wildman–Crippen LogP) is 24.7. The van der Waals surface area contributed by atoms with E-state index in [1.54, 1.807) is 69.8 Å². The minimum Gasteiger partial charge on any atom is -0.308 e. The topological polar surface area (TPSA) is 52.9 Å². The van der Waals surface area contributed by atoms with Crippen molar-refractivity contribution in [3.63, 3.8) is 0 Å². The number of thiophene rings is 2. The molecule has 19 rings (SSSR count). The van der Waals surface area contributed by atoms with Crippen molar-refractivity contribution in [3.8, 4) is 101 Å². The lowest BCUT2D eigenvalue weighted by Crippen LogP contribution is -2.10. The molecule has 0 unspecified atom stereocenters. The van der Waals surface area contributed by atoms with Gasteiger partial charge in [-0.25, -0.2) is 19.8 Å². The van der Waals surface area contributed by atoms with Crippen molar-refractivity contribution in [3.05, 3.63) is 326 Å². The van der Waals surface area contributed by atoms with Gasteiger partial charge in [-0.1, -0.05) is 248 Å². The summed E-state index contributed by atoms with van der Waals surface area (Å²) in [5.74, 6) is -2.36. The molecule has 0 saturated carbocycles. The largest absolute Gasteiger partial charge is 0.308 e. The van der Waals surface area contributed by atoms with Gasteiger partial charge in [-0.2, -0.15) is 0 Å². The van der Waals surface area contributed by atoms with Gasteiger partial charge in [0, 0.05) is 84.1 Å². The third kappa shape index (κ3) is 8.94. The average Bonchev–Trinajstić information content (AvgIpc) is 1.54. The molecule has 0 aliphatic carbocycles. The Hall–Kier alpha value is -12.4. The molecule has 0 saturated heterocycles. The summed E-state index contributed by atoms with van der Waals surface area (Å²) in [6.45, 7) is 9.65. The van der Waals surface area contributed by atoms with Crippen LogP contribution in [0.1, 0.15) is 48.0 Å². The van der Waals surface area contributed by atoms with E-state index in [0.717, 1.165) is 6.07 Å². The van der Waals surface area contributed by atoms with E-state index in [0.29, 0.717) is 40.3 Å². The Morgan fingerprint density at radius 3 is 1.03 bits per heavy atom. The fraction of sp³-hybridized carbons (Fsp3) is 0. The Bertz CT molecular complexity index is 8360. The van der Waals surface area contributed by atoms with Gasteiger partial charge in [-0.3, -0.25) is 0 Å². The molecule has 5 heterocycles. The van der Waals surface area contributed by atoms with E-state index in [9.17, 15) is 23.0 Å². The van der Waals surface area contributed by atoms with Gasteiger partial charge in [-0.15, -0.1) is 22.7 Å². The lowest BCUT2D eigenvalue weighted by atomic mass is 9.95. The zero-order valence-electron chi connectivity index (χ0n) is 83.8. The van der Waals surface area contributed by atoms with Crippen molar-refractivity contribution in [1.29, 1.82) is 0 Å². The summed E-state index contributed by atoms with van der Waals surface area (Å²) in [5, 5.41) is 2.52. The molecule has 6 nitrogen and oxygen atoms in total. The van der Waals surface area contributed by atoms with E-state index in [2.05, 4.69) is 9.83 Å². The fourth-order valence-corrected chi connectivity index (χ4v) is 15.2. The van der Waals surface area contributed by atoms with Crippen molar-refractivity contribution in [2.45, 2.75) is 0 Å². The standard InChI is InChI=1S/C88H52N6S2/c1-89-72-53-71(88-91-86(59-33-19-7-20-34-59)90-87(92-88)60-35-21-8-22-36-60)82(93-73-43-37-61(54-23-9-2-10-24-54)51-69(73)80-75(93)45-41-65-67-49-63(56-27-13-4-14-28-56)39-47-77(67)95-84(65)80)83(79(72)58-31-17-6-18-32-58)94-74-44-38-62(55-25-11-3-12-26-55)52-70(74)81-76(94)46-42-66-68-50-64(57-29-15-5-16-30-57)40-48-78(68)96-85(66)81/h2-53H/i2D,3D,4D,5D,6D,7D,8D,9D,10D,11D,12D,13D,14D,15D,16D,17D,18D,19D,20D,21D,22D,23D,24D,25D,26D,27D,28D,29D,30D,31D,32D,33D,34D,35D,36D. The zero-order valence-corrected chi connectivity index (χ0v) is 50.4. The second-order valence-electron chi connectivity index (χ2n) is 21.9. The summed E-state index contributed by atoms with van der Waals surface area (Å²) in [5.41, 5.74) is -4.69. The number of benzene rings is 14. The summed E-state index contributed by atoms with van der Waals surface area (Å²) >= 11 is 2.34. The maximum Gasteiger partial charge on any atom is 0.197 e. The molecule has 5 aromatic heterocycles. The summed E-state index contributed by atoms with van der Waals surface area (Å²) < 4.78 is 324. The van der Waals surface area contributed by atoms with Gasteiger partial charge >= 0.3 is 0 Å². The molecule has 0 fully saturated rings. The summed E-state index contributed by atoms with van der Waals surface area (Å²) in [6, 6.07) is -0.205. The summed E-state index contributed by atoms with van der Waals surface area (Å²) in [7, 11) is 0. The first-order valence-corrected chi connectivity index (χ1v) is 30.9. The van der Waals surface area contributed by atoms with Crippen molar-refractivity contribution >= 4 is 112 Å². The van der Waals surface area contributed by atoms with Crippen LogP contribution in [0.5, 0.6) is 0 Å². The SMILES string of the molecule is [2H]c1c([2H])c([2H])c(-c2ccc3sc4c(ccc5c4c4cc(-c6c([2H])c([2H])c([2H])c([2H])c6[2H])ccc4n5-c4c(-c5nc(-c6c([2H])c([2H])c([2H])c([2H])c6[2H])nc(-c6c([2H])c([2H])c([2H])c([2H])c6[2H])n5)cc([N+]#[C-])c(-c5c([2H])c([2H])c([2H])c([2H])c5[2H])c4-n4c5ccc(-c6c([2H])c([2H])c([2H])c([2H])c6[2H])cc5c5c6sc7ccc(-c8c([2H])c([2H])c([2H])c([2H])c8[2H])cc7c6ccc54)c3c2)c([2H])c1[2H]. The monoisotopic (exact) mass is 1290 g/mol. The molecular formula is C88H52N6S2. The van der Waals surface area contributed by atoms with Crippen LogP contribution >= 0.6 is 22.7 Å². The van der Waals surface area contributed by atoms with Crippen LogP contribution in [0.4, 0.5) is 5.69 Å². The van der Waals surface area contributed by atoms with Crippen LogP contribution in [0.15, 0.2) is 315 Å². The fourth-order valence-electron chi connectivity index (χ4n) is 12.8. The van der Waals surface area contributed by atoms with Crippen molar-refractivity contribution < 1.29 is 48.0 Å². The molecular weight excluding hydrogens is 1210 g/mol. The lowest BCUT2D eigenvalue weighted by Gasteiger charge is -2.25. The Balaban J connectivity index is 1.08. The first-order valence-electron chi connectivity index (χ1n) is 46.8.